The Labute approximate surface area is 122 Å². The van der Waals surface area contributed by atoms with E-state index in [0.29, 0.717) is 17.6 Å². The topological polar surface area (TPSA) is 59.7 Å². The van der Waals surface area contributed by atoms with Gasteiger partial charge in [-0.3, -0.25) is 9.69 Å². The van der Waals surface area contributed by atoms with Crippen LogP contribution in [0.25, 0.3) is 5.65 Å². The number of rotatable bonds is 2. The van der Waals surface area contributed by atoms with Gasteiger partial charge >= 0.3 is 0 Å². The molecule has 2 unspecified atom stereocenters. The van der Waals surface area contributed by atoms with Crippen molar-refractivity contribution in [1.29, 1.82) is 0 Å². The van der Waals surface area contributed by atoms with E-state index >= 15 is 0 Å². The maximum atomic E-state index is 12.8. The van der Waals surface area contributed by atoms with E-state index in [1.54, 1.807) is 23.1 Å². The second-order valence-electron chi connectivity index (χ2n) is 6.02. The minimum absolute atomic E-state index is 0.0647. The van der Waals surface area contributed by atoms with E-state index < -0.39 is 0 Å². The molecule has 2 saturated heterocycles. The van der Waals surface area contributed by atoms with Crippen LogP contribution >= 0.6 is 0 Å². The first-order valence-corrected chi connectivity index (χ1v) is 7.35. The number of ketones is 1. The predicted octanol–water partition coefficient (Wildman–Crippen LogP) is 1.02. The summed E-state index contributed by atoms with van der Waals surface area (Å²) >= 11 is 0. The number of aromatic nitrogens is 3. The van der Waals surface area contributed by atoms with E-state index in [1.165, 1.54) is 0 Å². The van der Waals surface area contributed by atoms with Crippen molar-refractivity contribution in [3.05, 3.63) is 30.2 Å². The minimum atomic E-state index is 0.0647. The predicted molar refractivity (Wildman–Crippen MR) is 76.2 cm³/mol. The van der Waals surface area contributed by atoms with Crippen LogP contribution in [0.1, 0.15) is 23.2 Å². The van der Waals surface area contributed by atoms with Gasteiger partial charge in [0.25, 0.3) is 0 Å². The lowest BCUT2D eigenvalue weighted by Crippen LogP contribution is -2.55. The molecule has 4 rings (SSSR count). The lowest BCUT2D eigenvalue weighted by Gasteiger charge is -2.46. The molecule has 6 heteroatoms. The van der Waals surface area contributed by atoms with Crippen LogP contribution in [0.2, 0.25) is 0 Å². The highest BCUT2D eigenvalue weighted by Gasteiger charge is 2.39. The monoisotopic (exact) mass is 286 g/mol. The molecule has 0 spiro atoms. The average molecular weight is 286 g/mol. The maximum absolute atomic E-state index is 12.8. The first-order valence-electron chi connectivity index (χ1n) is 7.35. The Morgan fingerprint density at radius 3 is 2.86 bits per heavy atom. The van der Waals surface area contributed by atoms with Gasteiger partial charge in [0.1, 0.15) is 0 Å². The quantitative estimate of drug-likeness (QED) is 0.771. The molecule has 2 aromatic rings. The summed E-state index contributed by atoms with van der Waals surface area (Å²) in [6.45, 7) is 1.46. The van der Waals surface area contributed by atoms with Gasteiger partial charge in [0.15, 0.2) is 11.4 Å². The van der Waals surface area contributed by atoms with Gasteiger partial charge in [-0.05, 0) is 19.9 Å². The van der Waals surface area contributed by atoms with Crippen LogP contribution in [-0.4, -0.2) is 57.6 Å². The third kappa shape index (κ3) is 2.15. The number of carbonyl (C=O) groups is 1. The van der Waals surface area contributed by atoms with Gasteiger partial charge in [-0.2, -0.15) is 5.10 Å². The molecule has 0 amide bonds. The molecule has 2 bridgehead atoms. The number of Topliss-reactive ketones (excluding diaryl/α,β-unsaturated/α-hetero) is 1. The van der Waals surface area contributed by atoms with Gasteiger partial charge in [0.05, 0.1) is 25.0 Å². The zero-order valence-electron chi connectivity index (χ0n) is 12.0. The fourth-order valence-corrected chi connectivity index (χ4v) is 3.48. The third-order valence-corrected chi connectivity index (χ3v) is 4.79. The van der Waals surface area contributed by atoms with Crippen LogP contribution in [0, 0.1) is 5.92 Å². The van der Waals surface area contributed by atoms with E-state index in [1.807, 2.05) is 6.07 Å². The zero-order chi connectivity index (χ0) is 14.4. The van der Waals surface area contributed by atoms with Crippen LogP contribution in [0.15, 0.2) is 24.7 Å². The first-order chi connectivity index (χ1) is 10.2. The number of hydrogen-bond donors (Lipinski definition) is 0. The largest absolute Gasteiger partial charge is 0.378 e. The van der Waals surface area contributed by atoms with E-state index in [4.69, 9.17) is 4.74 Å². The number of nitrogens with zero attached hydrogens (tertiary/aromatic N) is 4. The molecular formula is C15H18N4O2. The molecule has 2 fully saturated rings. The van der Waals surface area contributed by atoms with Crippen molar-refractivity contribution in [3.8, 4) is 0 Å². The lowest BCUT2D eigenvalue weighted by atomic mass is 9.81. The molecule has 21 heavy (non-hydrogen) atoms. The van der Waals surface area contributed by atoms with Crippen LogP contribution in [0.3, 0.4) is 0 Å². The van der Waals surface area contributed by atoms with Gasteiger partial charge in [0.2, 0.25) is 0 Å². The molecule has 0 aromatic carbocycles. The molecule has 4 heterocycles. The summed E-state index contributed by atoms with van der Waals surface area (Å²) in [5.74, 6) is 0.250. The molecule has 0 aliphatic carbocycles. The van der Waals surface area contributed by atoms with Gasteiger partial charge in [-0.25, -0.2) is 9.50 Å². The minimum Gasteiger partial charge on any atom is -0.378 e. The second kappa shape index (κ2) is 4.89. The number of ether oxygens (including phenoxy) is 1. The van der Waals surface area contributed by atoms with E-state index in [9.17, 15) is 4.79 Å². The maximum Gasteiger partial charge on any atom is 0.169 e. The van der Waals surface area contributed by atoms with Gasteiger partial charge in [-0.1, -0.05) is 0 Å². The molecule has 2 aliphatic rings. The Balaban J connectivity index is 1.59. The highest BCUT2D eigenvalue weighted by molar-refractivity contribution is 5.97. The summed E-state index contributed by atoms with van der Waals surface area (Å²) in [5, 5.41) is 4.15. The van der Waals surface area contributed by atoms with Crippen molar-refractivity contribution in [2.75, 3.05) is 20.3 Å². The third-order valence-electron chi connectivity index (χ3n) is 4.79. The molecule has 2 aliphatic heterocycles. The van der Waals surface area contributed by atoms with Crippen molar-refractivity contribution >= 4 is 11.4 Å². The fourth-order valence-electron chi connectivity index (χ4n) is 3.48. The zero-order valence-corrected chi connectivity index (χ0v) is 12.0. The Kier molecular flexibility index (Phi) is 3.01. The summed E-state index contributed by atoms with van der Waals surface area (Å²) in [6.07, 6.45) is 6.87. The Morgan fingerprint density at radius 2 is 2.10 bits per heavy atom. The molecule has 0 radical (unpaired) electrons. The number of fused-ring (bicyclic) bond motifs is 3. The summed E-state index contributed by atoms with van der Waals surface area (Å²) in [4.78, 5) is 19.4. The Morgan fingerprint density at radius 1 is 1.33 bits per heavy atom. The summed E-state index contributed by atoms with van der Waals surface area (Å²) in [6, 6.07) is 2.53. The van der Waals surface area contributed by atoms with Crippen molar-refractivity contribution in [1.82, 2.24) is 19.5 Å². The molecule has 6 nitrogen and oxygen atoms in total. The fraction of sp³-hybridized carbons (Fsp3) is 0.533. The standard InChI is InChI=1S/C15H18N4O2/c1-18-12-4-10(5-13(18)9-21-8-12)15(20)11-6-16-14-2-3-17-19(14)7-11/h2-3,6-7,10,12-13H,4-5,8-9H2,1H3. The molecule has 0 N–H and O–H groups in total. The second-order valence-corrected chi connectivity index (χ2v) is 6.02. The number of carbonyl (C=O) groups excluding carboxylic acids is 1. The number of piperidine rings is 1. The SMILES string of the molecule is CN1C2COCC1CC(C(=O)c1cnc3ccnn3c1)C2. The summed E-state index contributed by atoms with van der Waals surface area (Å²) in [5.41, 5.74) is 1.42. The van der Waals surface area contributed by atoms with Crippen LogP contribution in [0.4, 0.5) is 0 Å². The Bertz CT molecular complexity index is 669. The molecule has 0 saturated carbocycles. The van der Waals surface area contributed by atoms with E-state index in [-0.39, 0.29) is 11.7 Å². The van der Waals surface area contributed by atoms with Crippen molar-refractivity contribution in [2.45, 2.75) is 24.9 Å². The number of likely N-dealkylation sites (N-methyl/N-ethyl adjacent to an activating group) is 1. The van der Waals surface area contributed by atoms with Gasteiger partial charge < -0.3 is 4.74 Å². The number of hydrogen-bond acceptors (Lipinski definition) is 5. The van der Waals surface area contributed by atoms with Crippen molar-refractivity contribution < 1.29 is 9.53 Å². The Hall–Kier alpha value is -1.79. The van der Waals surface area contributed by atoms with Crippen LogP contribution in [0.5, 0.6) is 0 Å². The lowest BCUT2D eigenvalue weighted by molar-refractivity contribution is -0.0702. The molecular weight excluding hydrogens is 268 g/mol. The highest BCUT2D eigenvalue weighted by atomic mass is 16.5. The van der Waals surface area contributed by atoms with Gasteiger partial charge in [-0.15, -0.1) is 0 Å². The van der Waals surface area contributed by atoms with E-state index in [2.05, 4.69) is 22.0 Å². The van der Waals surface area contributed by atoms with Gasteiger partial charge in [0, 0.05) is 36.5 Å². The van der Waals surface area contributed by atoms with Crippen molar-refractivity contribution in [3.63, 3.8) is 0 Å². The molecule has 2 atom stereocenters. The highest BCUT2D eigenvalue weighted by Crippen LogP contribution is 2.32. The summed E-state index contributed by atoms with van der Waals surface area (Å²) < 4.78 is 7.27. The van der Waals surface area contributed by atoms with Crippen LogP contribution < -0.4 is 0 Å². The average Bonchev–Trinajstić information content (AvgIpc) is 2.93. The summed E-state index contributed by atoms with van der Waals surface area (Å²) in [7, 11) is 2.13. The molecule has 2 aromatic heterocycles. The first kappa shape index (κ1) is 12.9. The van der Waals surface area contributed by atoms with Crippen molar-refractivity contribution in [2.24, 2.45) is 5.92 Å². The molecule has 110 valence electrons. The normalized spacial score (nSPS) is 29.7. The number of morpholine rings is 1. The smallest absolute Gasteiger partial charge is 0.169 e. The van der Waals surface area contributed by atoms with Crippen LogP contribution in [-0.2, 0) is 4.74 Å². The van der Waals surface area contributed by atoms with E-state index in [0.717, 1.165) is 31.7 Å².